The molecule has 1 aliphatic carbocycles. The fourth-order valence-corrected chi connectivity index (χ4v) is 2.01. The Hall–Kier alpha value is -0.200. The normalized spacial score (nSPS) is 21.4. The van der Waals surface area contributed by atoms with Crippen molar-refractivity contribution in [1.82, 2.24) is 5.32 Å². The predicted molar refractivity (Wildman–Crippen MR) is 62.4 cm³/mol. The van der Waals surface area contributed by atoms with Gasteiger partial charge >= 0.3 is 0 Å². The quantitative estimate of drug-likeness (QED) is 0.778. The summed E-state index contributed by atoms with van der Waals surface area (Å²) in [5.74, 6) is 0.865. The molecule has 0 heterocycles. The molecule has 0 spiro atoms. The summed E-state index contributed by atoms with van der Waals surface area (Å²) in [6.07, 6.45) is 2.47. The highest BCUT2D eigenvalue weighted by Gasteiger charge is 2.33. The topological polar surface area (TPSA) is 35.8 Å². The summed E-state index contributed by atoms with van der Waals surface area (Å²) in [7, 11) is 0. The second-order valence-corrected chi connectivity index (χ2v) is 7.07. The standard InChI is InChI=1S/C11H20N2S/c1-10(2,3)14-8-11(4,7-12)13-9-5-6-9/h9,13H,5-6,8H2,1-4H3. The van der Waals surface area contributed by atoms with E-state index in [0.29, 0.717) is 6.04 Å². The van der Waals surface area contributed by atoms with Crippen LogP contribution in [0, 0.1) is 11.3 Å². The molecule has 1 N–H and O–H groups in total. The first kappa shape index (κ1) is 11.9. The van der Waals surface area contributed by atoms with Crippen molar-refractivity contribution in [3.8, 4) is 6.07 Å². The number of hydrogen-bond donors (Lipinski definition) is 1. The summed E-state index contributed by atoms with van der Waals surface area (Å²) in [6, 6.07) is 2.99. The number of rotatable bonds is 4. The van der Waals surface area contributed by atoms with Gasteiger partial charge in [-0.3, -0.25) is 5.32 Å². The van der Waals surface area contributed by atoms with Gasteiger partial charge in [-0.05, 0) is 19.8 Å². The zero-order valence-electron chi connectivity index (χ0n) is 9.55. The highest BCUT2D eigenvalue weighted by atomic mass is 32.2. The van der Waals surface area contributed by atoms with Crippen LogP contribution in [0.3, 0.4) is 0 Å². The molecular formula is C11H20N2S. The van der Waals surface area contributed by atoms with Crippen LogP contribution in [0.1, 0.15) is 40.5 Å². The first-order valence-electron chi connectivity index (χ1n) is 5.18. The average molecular weight is 212 g/mol. The molecular weight excluding hydrogens is 192 g/mol. The van der Waals surface area contributed by atoms with Gasteiger partial charge in [-0.25, -0.2) is 0 Å². The Kier molecular flexibility index (Phi) is 3.49. The summed E-state index contributed by atoms with van der Waals surface area (Å²) >= 11 is 1.85. The van der Waals surface area contributed by atoms with Gasteiger partial charge in [-0.2, -0.15) is 17.0 Å². The van der Waals surface area contributed by atoms with Gasteiger partial charge < -0.3 is 0 Å². The largest absolute Gasteiger partial charge is 0.296 e. The van der Waals surface area contributed by atoms with Crippen LogP contribution >= 0.6 is 11.8 Å². The predicted octanol–water partition coefficient (Wildman–Crippen LogP) is 2.55. The number of thioether (sulfide) groups is 1. The van der Waals surface area contributed by atoms with Crippen molar-refractivity contribution < 1.29 is 0 Å². The fourth-order valence-electron chi connectivity index (χ4n) is 1.15. The highest BCUT2D eigenvalue weighted by molar-refractivity contribution is 8.00. The Morgan fingerprint density at radius 2 is 1.93 bits per heavy atom. The van der Waals surface area contributed by atoms with E-state index in [1.165, 1.54) is 12.8 Å². The van der Waals surface area contributed by atoms with E-state index in [-0.39, 0.29) is 10.3 Å². The van der Waals surface area contributed by atoms with Crippen molar-refractivity contribution in [3.05, 3.63) is 0 Å². The second kappa shape index (κ2) is 4.12. The third-order valence-corrected chi connectivity index (χ3v) is 3.73. The van der Waals surface area contributed by atoms with Gasteiger partial charge in [-0.15, -0.1) is 0 Å². The number of nitrogens with zero attached hydrogens (tertiary/aromatic N) is 1. The zero-order valence-corrected chi connectivity index (χ0v) is 10.4. The summed E-state index contributed by atoms with van der Waals surface area (Å²) in [5.41, 5.74) is -0.348. The van der Waals surface area contributed by atoms with Gasteiger partial charge in [0.1, 0.15) is 5.54 Å². The van der Waals surface area contributed by atoms with E-state index in [0.717, 1.165) is 5.75 Å². The summed E-state index contributed by atoms with van der Waals surface area (Å²) in [5, 5.41) is 12.5. The first-order valence-corrected chi connectivity index (χ1v) is 6.16. The average Bonchev–Trinajstić information content (AvgIpc) is 2.84. The summed E-state index contributed by atoms with van der Waals surface area (Å²) in [6.45, 7) is 8.57. The van der Waals surface area contributed by atoms with E-state index in [2.05, 4.69) is 32.2 Å². The number of hydrogen-bond acceptors (Lipinski definition) is 3. The molecule has 1 aliphatic rings. The maximum absolute atomic E-state index is 9.13. The van der Waals surface area contributed by atoms with E-state index in [1.54, 1.807) is 0 Å². The van der Waals surface area contributed by atoms with Crippen molar-refractivity contribution in [1.29, 1.82) is 5.26 Å². The minimum absolute atomic E-state index is 0.239. The molecule has 2 nitrogen and oxygen atoms in total. The summed E-state index contributed by atoms with van der Waals surface area (Å²) < 4.78 is 0.239. The van der Waals surface area contributed by atoms with Gasteiger partial charge in [0, 0.05) is 16.5 Å². The van der Waals surface area contributed by atoms with Crippen molar-refractivity contribution in [3.63, 3.8) is 0 Å². The molecule has 1 atom stereocenters. The van der Waals surface area contributed by atoms with E-state index in [1.807, 2.05) is 18.7 Å². The van der Waals surface area contributed by atoms with E-state index in [9.17, 15) is 0 Å². The number of nitrogens with one attached hydrogen (secondary N) is 1. The molecule has 0 radical (unpaired) electrons. The first-order chi connectivity index (χ1) is 6.35. The molecule has 0 saturated heterocycles. The van der Waals surface area contributed by atoms with Crippen LogP contribution in [0.5, 0.6) is 0 Å². The third-order valence-electron chi connectivity index (χ3n) is 2.14. The van der Waals surface area contributed by atoms with Crippen LogP contribution < -0.4 is 5.32 Å². The minimum Gasteiger partial charge on any atom is -0.296 e. The van der Waals surface area contributed by atoms with E-state index < -0.39 is 0 Å². The van der Waals surface area contributed by atoms with E-state index >= 15 is 0 Å². The van der Waals surface area contributed by atoms with Crippen molar-refractivity contribution in [2.24, 2.45) is 0 Å². The maximum atomic E-state index is 9.13. The minimum atomic E-state index is -0.348. The molecule has 14 heavy (non-hydrogen) atoms. The lowest BCUT2D eigenvalue weighted by molar-refractivity contribution is 0.489. The van der Waals surface area contributed by atoms with E-state index in [4.69, 9.17) is 5.26 Å². The van der Waals surface area contributed by atoms with Gasteiger partial charge in [0.05, 0.1) is 6.07 Å². The lowest BCUT2D eigenvalue weighted by atomic mass is 10.1. The highest BCUT2D eigenvalue weighted by Crippen LogP contribution is 2.29. The van der Waals surface area contributed by atoms with Gasteiger partial charge in [-0.1, -0.05) is 20.8 Å². The molecule has 0 bridgehead atoms. The maximum Gasteiger partial charge on any atom is 0.113 e. The molecule has 1 unspecified atom stereocenters. The van der Waals surface area contributed by atoms with Crippen molar-refractivity contribution in [2.75, 3.05) is 5.75 Å². The Labute approximate surface area is 91.4 Å². The lowest BCUT2D eigenvalue weighted by Crippen LogP contribution is -2.45. The summed E-state index contributed by atoms with van der Waals surface area (Å²) in [4.78, 5) is 0. The fraction of sp³-hybridized carbons (Fsp3) is 0.909. The van der Waals surface area contributed by atoms with Crippen LogP contribution in [0.2, 0.25) is 0 Å². The van der Waals surface area contributed by atoms with Crippen LogP contribution in [0.4, 0.5) is 0 Å². The van der Waals surface area contributed by atoms with Gasteiger partial charge in [0.25, 0.3) is 0 Å². The monoisotopic (exact) mass is 212 g/mol. The Morgan fingerprint density at radius 3 is 2.29 bits per heavy atom. The van der Waals surface area contributed by atoms with Crippen LogP contribution in [-0.2, 0) is 0 Å². The van der Waals surface area contributed by atoms with Crippen LogP contribution in [0.15, 0.2) is 0 Å². The SMILES string of the molecule is CC(C#N)(CSC(C)(C)C)NC1CC1. The molecule has 0 aliphatic heterocycles. The molecule has 1 saturated carbocycles. The molecule has 1 fully saturated rings. The molecule has 1 rings (SSSR count). The van der Waals surface area contributed by atoms with Gasteiger partial charge in [0.2, 0.25) is 0 Å². The molecule has 3 heteroatoms. The Balaban J connectivity index is 2.40. The van der Waals surface area contributed by atoms with Crippen LogP contribution in [0.25, 0.3) is 0 Å². The molecule has 0 aromatic carbocycles. The third kappa shape index (κ3) is 4.34. The molecule has 0 aromatic rings. The molecule has 0 amide bonds. The zero-order chi connectivity index (χ0) is 10.8. The van der Waals surface area contributed by atoms with Crippen LogP contribution in [-0.4, -0.2) is 22.1 Å². The Bertz CT molecular complexity index is 235. The van der Waals surface area contributed by atoms with Gasteiger partial charge in [0.15, 0.2) is 0 Å². The molecule has 80 valence electrons. The smallest absolute Gasteiger partial charge is 0.113 e. The second-order valence-electron chi connectivity index (χ2n) is 5.26. The Morgan fingerprint density at radius 1 is 1.36 bits per heavy atom. The van der Waals surface area contributed by atoms with Crippen molar-refractivity contribution >= 4 is 11.8 Å². The lowest BCUT2D eigenvalue weighted by Gasteiger charge is -2.27. The van der Waals surface area contributed by atoms with Crippen molar-refractivity contribution in [2.45, 2.75) is 56.9 Å². The number of nitriles is 1. The molecule has 0 aromatic heterocycles.